The number of para-hydroxylation sites is 2. The number of anilines is 1. The molecule has 24 heavy (non-hydrogen) atoms. The predicted octanol–water partition coefficient (Wildman–Crippen LogP) is 3.15. The molecule has 1 N–H and O–H groups in total. The highest BCUT2D eigenvalue weighted by molar-refractivity contribution is 6.03. The summed E-state index contributed by atoms with van der Waals surface area (Å²) in [5, 5.41) is 11.0. The average Bonchev–Trinajstić information content (AvgIpc) is 2.96. The van der Waals surface area contributed by atoms with E-state index in [1.54, 1.807) is 18.7 Å². The van der Waals surface area contributed by atoms with Gasteiger partial charge in [0, 0.05) is 5.69 Å². The Bertz CT molecular complexity index is 886. The second kappa shape index (κ2) is 6.54. The van der Waals surface area contributed by atoms with E-state index in [0.717, 1.165) is 16.9 Å². The summed E-state index contributed by atoms with van der Waals surface area (Å²) in [4.78, 5) is 12.5. The fraction of sp³-hybridized carbons (Fsp3) is 0.167. The summed E-state index contributed by atoms with van der Waals surface area (Å²) in [6.07, 6.45) is 0. The highest BCUT2D eigenvalue weighted by Gasteiger charge is 2.19. The van der Waals surface area contributed by atoms with Crippen molar-refractivity contribution in [2.24, 2.45) is 0 Å². The Morgan fingerprint density at radius 2 is 1.92 bits per heavy atom. The fourth-order valence-corrected chi connectivity index (χ4v) is 2.49. The van der Waals surface area contributed by atoms with Crippen LogP contribution in [0.2, 0.25) is 0 Å². The third-order valence-corrected chi connectivity index (χ3v) is 3.70. The molecule has 0 aliphatic carbocycles. The molecule has 0 aliphatic heterocycles. The molecule has 0 atom stereocenters. The summed E-state index contributed by atoms with van der Waals surface area (Å²) < 4.78 is 6.95. The van der Waals surface area contributed by atoms with E-state index >= 15 is 0 Å². The van der Waals surface area contributed by atoms with Crippen LogP contribution in [-0.4, -0.2) is 28.0 Å². The molecule has 1 amide bonds. The van der Waals surface area contributed by atoms with Crippen molar-refractivity contribution in [3.05, 3.63) is 65.5 Å². The number of carbonyl (C=O) groups is 1. The largest absolute Gasteiger partial charge is 0.494 e. The highest BCUT2D eigenvalue weighted by atomic mass is 16.5. The van der Waals surface area contributed by atoms with Gasteiger partial charge < -0.3 is 10.1 Å². The average molecular weight is 322 g/mol. The second-order valence-electron chi connectivity index (χ2n) is 5.43. The van der Waals surface area contributed by atoms with Gasteiger partial charge in [-0.1, -0.05) is 29.5 Å². The summed E-state index contributed by atoms with van der Waals surface area (Å²) in [6, 6.07) is 15.1. The first-order chi connectivity index (χ1) is 11.6. The lowest BCUT2D eigenvalue weighted by atomic mass is 10.2. The van der Waals surface area contributed by atoms with Gasteiger partial charge in [0.05, 0.1) is 12.8 Å². The van der Waals surface area contributed by atoms with Gasteiger partial charge in [0.25, 0.3) is 5.91 Å². The SMILES string of the molecule is COc1ccccc1-n1nnc(C(=O)Nc2cccc(C)c2)c1C. The van der Waals surface area contributed by atoms with Crippen molar-refractivity contribution in [1.82, 2.24) is 15.0 Å². The Hall–Kier alpha value is -3.15. The number of nitrogens with zero attached hydrogens (tertiary/aromatic N) is 3. The molecule has 0 bridgehead atoms. The van der Waals surface area contributed by atoms with E-state index in [-0.39, 0.29) is 11.6 Å². The Morgan fingerprint density at radius 1 is 1.12 bits per heavy atom. The van der Waals surface area contributed by atoms with Crippen molar-refractivity contribution in [1.29, 1.82) is 0 Å². The molecule has 1 aromatic heterocycles. The molecule has 0 fully saturated rings. The number of benzene rings is 2. The quantitative estimate of drug-likeness (QED) is 0.801. The number of aromatic nitrogens is 3. The Kier molecular flexibility index (Phi) is 4.29. The molecule has 3 rings (SSSR count). The van der Waals surface area contributed by atoms with Crippen molar-refractivity contribution in [3.63, 3.8) is 0 Å². The van der Waals surface area contributed by atoms with Gasteiger partial charge in [0.2, 0.25) is 0 Å². The van der Waals surface area contributed by atoms with Crippen molar-refractivity contribution >= 4 is 11.6 Å². The van der Waals surface area contributed by atoms with E-state index in [2.05, 4.69) is 15.6 Å². The maximum absolute atomic E-state index is 12.5. The van der Waals surface area contributed by atoms with Crippen LogP contribution in [0.4, 0.5) is 5.69 Å². The van der Waals surface area contributed by atoms with Crippen LogP contribution in [0.25, 0.3) is 5.69 Å². The molecule has 0 radical (unpaired) electrons. The number of carbonyl (C=O) groups excluding carboxylic acids is 1. The first-order valence-corrected chi connectivity index (χ1v) is 7.54. The van der Waals surface area contributed by atoms with Crippen LogP contribution in [0.3, 0.4) is 0 Å². The zero-order chi connectivity index (χ0) is 17.1. The lowest BCUT2D eigenvalue weighted by Gasteiger charge is -2.09. The molecule has 6 nitrogen and oxygen atoms in total. The first-order valence-electron chi connectivity index (χ1n) is 7.54. The molecule has 2 aromatic carbocycles. The number of ether oxygens (including phenoxy) is 1. The van der Waals surface area contributed by atoms with E-state index in [1.165, 1.54) is 0 Å². The van der Waals surface area contributed by atoms with Gasteiger partial charge in [-0.15, -0.1) is 5.10 Å². The van der Waals surface area contributed by atoms with Crippen molar-refractivity contribution in [3.8, 4) is 11.4 Å². The maximum atomic E-state index is 12.5. The molecule has 0 spiro atoms. The lowest BCUT2D eigenvalue weighted by Crippen LogP contribution is -2.14. The molecule has 6 heteroatoms. The van der Waals surface area contributed by atoms with E-state index < -0.39 is 0 Å². The van der Waals surface area contributed by atoms with Crippen LogP contribution in [-0.2, 0) is 0 Å². The normalized spacial score (nSPS) is 10.5. The van der Waals surface area contributed by atoms with Gasteiger partial charge in [0.1, 0.15) is 11.4 Å². The van der Waals surface area contributed by atoms with Gasteiger partial charge in [-0.2, -0.15) is 0 Å². The summed E-state index contributed by atoms with van der Waals surface area (Å²) in [7, 11) is 1.59. The number of nitrogens with one attached hydrogen (secondary N) is 1. The van der Waals surface area contributed by atoms with E-state index in [4.69, 9.17) is 4.74 Å². The van der Waals surface area contributed by atoms with E-state index in [1.807, 2.05) is 55.5 Å². The van der Waals surface area contributed by atoms with Crippen molar-refractivity contribution in [2.75, 3.05) is 12.4 Å². The molecule has 0 saturated heterocycles. The third kappa shape index (κ3) is 2.99. The zero-order valence-corrected chi connectivity index (χ0v) is 13.8. The highest BCUT2D eigenvalue weighted by Crippen LogP contribution is 2.23. The molecule has 1 heterocycles. The standard InChI is InChI=1S/C18H18N4O2/c1-12-7-6-8-14(11-12)19-18(23)17-13(2)22(21-20-17)15-9-4-5-10-16(15)24-3/h4-11H,1-3H3,(H,19,23). The number of amides is 1. The van der Waals surface area contributed by atoms with Crippen LogP contribution < -0.4 is 10.1 Å². The van der Waals surface area contributed by atoms with Gasteiger partial charge in [0.15, 0.2) is 5.69 Å². The van der Waals surface area contributed by atoms with Crippen LogP contribution in [0.5, 0.6) is 5.75 Å². The van der Waals surface area contributed by atoms with Gasteiger partial charge >= 0.3 is 0 Å². The number of rotatable bonds is 4. The Balaban J connectivity index is 1.91. The van der Waals surface area contributed by atoms with Crippen LogP contribution in [0, 0.1) is 13.8 Å². The molecule has 122 valence electrons. The Morgan fingerprint density at radius 3 is 2.67 bits per heavy atom. The molecular formula is C18H18N4O2. The summed E-state index contributed by atoms with van der Waals surface area (Å²) in [5.74, 6) is 0.371. The third-order valence-electron chi connectivity index (χ3n) is 3.70. The van der Waals surface area contributed by atoms with Crippen molar-refractivity contribution < 1.29 is 9.53 Å². The predicted molar refractivity (Wildman–Crippen MR) is 91.8 cm³/mol. The zero-order valence-electron chi connectivity index (χ0n) is 13.8. The number of hydrogen-bond acceptors (Lipinski definition) is 4. The number of methoxy groups -OCH3 is 1. The number of aryl methyl sites for hydroxylation is 1. The minimum absolute atomic E-state index is 0.280. The van der Waals surface area contributed by atoms with Crippen LogP contribution >= 0.6 is 0 Å². The fourth-order valence-electron chi connectivity index (χ4n) is 2.49. The Labute approximate surface area is 140 Å². The minimum atomic E-state index is -0.292. The molecule has 0 unspecified atom stereocenters. The first kappa shape index (κ1) is 15.7. The lowest BCUT2D eigenvalue weighted by molar-refractivity contribution is 0.102. The number of hydrogen-bond donors (Lipinski definition) is 1. The van der Waals surface area contributed by atoms with Gasteiger partial charge in [-0.25, -0.2) is 4.68 Å². The molecule has 0 saturated carbocycles. The molecular weight excluding hydrogens is 304 g/mol. The van der Waals surface area contributed by atoms with Gasteiger partial charge in [-0.3, -0.25) is 4.79 Å². The smallest absolute Gasteiger partial charge is 0.278 e. The second-order valence-corrected chi connectivity index (χ2v) is 5.43. The minimum Gasteiger partial charge on any atom is -0.494 e. The van der Waals surface area contributed by atoms with Gasteiger partial charge in [-0.05, 0) is 43.7 Å². The van der Waals surface area contributed by atoms with Crippen LogP contribution in [0.1, 0.15) is 21.7 Å². The summed E-state index contributed by atoms with van der Waals surface area (Å²) >= 11 is 0. The van der Waals surface area contributed by atoms with E-state index in [9.17, 15) is 4.79 Å². The van der Waals surface area contributed by atoms with E-state index in [0.29, 0.717) is 11.4 Å². The van der Waals surface area contributed by atoms with Crippen LogP contribution in [0.15, 0.2) is 48.5 Å². The molecule has 0 aliphatic rings. The summed E-state index contributed by atoms with van der Waals surface area (Å²) in [6.45, 7) is 3.77. The maximum Gasteiger partial charge on any atom is 0.278 e. The summed E-state index contributed by atoms with van der Waals surface area (Å²) in [5.41, 5.74) is 3.46. The molecule has 3 aromatic rings. The van der Waals surface area contributed by atoms with Crippen molar-refractivity contribution in [2.45, 2.75) is 13.8 Å². The monoisotopic (exact) mass is 322 g/mol. The topological polar surface area (TPSA) is 69.0 Å².